The first-order valence-corrected chi connectivity index (χ1v) is 16.4. The SMILES string of the molecule is O=CCN(NCC(CCCN1CCC(Cc2ccc(F)cc2F)CC1)(c1ccccc1)c1ccccc1)C(=O)OCc1ccccc1. The highest BCUT2D eigenvalue weighted by molar-refractivity contribution is 5.70. The molecule has 5 rings (SSSR count). The van der Waals surface area contributed by atoms with Gasteiger partial charge in [0.1, 0.15) is 24.5 Å². The minimum atomic E-state index is -0.612. The van der Waals surface area contributed by atoms with Crippen molar-refractivity contribution >= 4 is 12.4 Å². The second-order valence-corrected chi connectivity index (χ2v) is 12.3. The Morgan fingerprint density at radius 1 is 0.894 bits per heavy atom. The standard InChI is InChI=1S/C39H43F2N3O3/c40-36-18-17-33(37(41)28-36)27-31-19-23-43(24-20-31)22-10-21-39(34-13-6-2-7-14-34,35-15-8-3-9-16-35)30-42-44(25-26-45)38(46)47-29-32-11-4-1-5-12-32/h1-9,11-18,26,28,31,42H,10,19-25,27,29-30H2. The van der Waals surface area contributed by atoms with Crippen molar-refractivity contribution in [2.24, 2.45) is 5.92 Å². The fourth-order valence-corrected chi connectivity index (χ4v) is 6.58. The normalized spacial score (nSPS) is 14.1. The molecule has 1 amide bonds. The Hall–Kier alpha value is -4.40. The zero-order chi connectivity index (χ0) is 32.9. The highest BCUT2D eigenvalue weighted by atomic mass is 19.1. The summed E-state index contributed by atoms with van der Waals surface area (Å²) in [5.74, 6) is -0.637. The van der Waals surface area contributed by atoms with Crippen LogP contribution in [0.15, 0.2) is 109 Å². The third-order valence-corrected chi connectivity index (χ3v) is 9.22. The van der Waals surface area contributed by atoms with Crippen LogP contribution in [0.1, 0.15) is 47.9 Å². The van der Waals surface area contributed by atoms with E-state index in [4.69, 9.17) is 4.74 Å². The maximum atomic E-state index is 14.2. The number of carbonyl (C=O) groups is 2. The van der Waals surface area contributed by atoms with Gasteiger partial charge in [-0.15, -0.1) is 0 Å². The summed E-state index contributed by atoms with van der Waals surface area (Å²) in [4.78, 5) is 27.2. The lowest BCUT2D eigenvalue weighted by Gasteiger charge is -2.38. The summed E-state index contributed by atoms with van der Waals surface area (Å²) >= 11 is 0. The van der Waals surface area contributed by atoms with Crippen LogP contribution in [-0.2, 0) is 28.0 Å². The number of carbonyl (C=O) groups excluding carboxylic acids is 2. The van der Waals surface area contributed by atoms with Crippen molar-refractivity contribution in [3.8, 4) is 0 Å². The number of piperidine rings is 1. The average Bonchev–Trinajstić information content (AvgIpc) is 3.11. The number of likely N-dealkylation sites (tertiary alicyclic amines) is 1. The number of aldehydes is 1. The molecule has 6 nitrogen and oxygen atoms in total. The number of hydrogen-bond donors (Lipinski definition) is 1. The number of ether oxygens (including phenoxy) is 1. The van der Waals surface area contributed by atoms with Gasteiger partial charge in [0.15, 0.2) is 0 Å². The van der Waals surface area contributed by atoms with Gasteiger partial charge in [0, 0.05) is 18.0 Å². The zero-order valence-corrected chi connectivity index (χ0v) is 26.7. The summed E-state index contributed by atoms with van der Waals surface area (Å²) in [6, 6.07) is 33.9. The third-order valence-electron chi connectivity index (χ3n) is 9.22. The Balaban J connectivity index is 1.26. The number of amides is 1. The Morgan fingerprint density at radius 2 is 1.51 bits per heavy atom. The van der Waals surface area contributed by atoms with Crippen molar-refractivity contribution in [1.82, 2.24) is 15.3 Å². The molecule has 1 aliphatic rings. The average molecular weight is 640 g/mol. The van der Waals surface area contributed by atoms with Crippen molar-refractivity contribution in [2.75, 3.05) is 32.7 Å². The van der Waals surface area contributed by atoms with Crippen LogP contribution >= 0.6 is 0 Å². The van der Waals surface area contributed by atoms with Gasteiger partial charge in [-0.05, 0) is 86.0 Å². The quantitative estimate of drug-likeness (QED) is 0.109. The van der Waals surface area contributed by atoms with Gasteiger partial charge in [-0.3, -0.25) is 0 Å². The van der Waals surface area contributed by atoms with Gasteiger partial charge < -0.3 is 14.4 Å². The van der Waals surface area contributed by atoms with Gasteiger partial charge in [0.05, 0.1) is 6.54 Å². The topological polar surface area (TPSA) is 61.9 Å². The Kier molecular flexibility index (Phi) is 12.2. The summed E-state index contributed by atoms with van der Waals surface area (Å²) < 4.78 is 33.2. The van der Waals surface area contributed by atoms with E-state index in [1.54, 1.807) is 6.07 Å². The lowest BCUT2D eigenvalue weighted by Crippen LogP contribution is -2.51. The molecule has 0 atom stereocenters. The molecule has 0 aliphatic carbocycles. The third kappa shape index (κ3) is 9.33. The molecule has 4 aromatic rings. The molecule has 1 saturated heterocycles. The molecular formula is C39H43F2N3O3. The predicted octanol–water partition coefficient (Wildman–Crippen LogP) is 7.33. The van der Waals surface area contributed by atoms with Crippen LogP contribution in [0.2, 0.25) is 0 Å². The van der Waals surface area contributed by atoms with Crippen molar-refractivity contribution in [1.29, 1.82) is 0 Å². The molecule has 1 N–H and O–H groups in total. The minimum Gasteiger partial charge on any atom is -0.444 e. The predicted molar refractivity (Wildman–Crippen MR) is 180 cm³/mol. The van der Waals surface area contributed by atoms with E-state index in [-0.39, 0.29) is 13.2 Å². The number of nitrogens with zero attached hydrogens (tertiary/aromatic N) is 2. The van der Waals surface area contributed by atoms with Crippen LogP contribution in [0.3, 0.4) is 0 Å². The van der Waals surface area contributed by atoms with Gasteiger partial charge >= 0.3 is 6.09 Å². The van der Waals surface area contributed by atoms with E-state index in [2.05, 4.69) is 34.6 Å². The van der Waals surface area contributed by atoms with Crippen molar-refractivity contribution in [3.63, 3.8) is 0 Å². The Bertz CT molecular complexity index is 1510. The number of rotatable bonds is 15. The second-order valence-electron chi connectivity index (χ2n) is 12.3. The molecule has 0 radical (unpaired) electrons. The molecule has 47 heavy (non-hydrogen) atoms. The van der Waals surface area contributed by atoms with E-state index in [0.717, 1.165) is 68.1 Å². The van der Waals surface area contributed by atoms with Crippen LogP contribution in [0.4, 0.5) is 13.6 Å². The molecule has 0 bridgehead atoms. The largest absolute Gasteiger partial charge is 0.444 e. The first kappa shape index (κ1) is 33.9. The number of hydrogen-bond acceptors (Lipinski definition) is 5. The molecule has 0 spiro atoms. The Labute approximate surface area is 276 Å². The van der Waals surface area contributed by atoms with Crippen molar-refractivity contribution in [3.05, 3.63) is 143 Å². The van der Waals surface area contributed by atoms with Crippen LogP contribution in [0.25, 0.3) is 0 Å². The van der Waals surface area contributed by atoms with E-state index in [9.17, 15) is 18.4 Å². The molecular weight excluding hydrogens is 596 g/mol. The molecule has 4 aromatic carbocycles. The number of halogens is 2. The molecule has 246 valence electrons. The molecule has 8 heteroatoms. The number of hydrazine groups is 1. The zero-order valence-electron chi connectivity index (χ0n) is 26.7. The Morgan fingerprint density at radius 3 is 2.11 bits per heavy atom. The molecule has 0 aromatic heterocycles. The molecule has 1 aliphatic heterocycles. The van der Waals surface area contributed by atoms with Gasteiger partial charge in [-0.2, -0.15) is 0 Å². The fraction of sp³-hybridized carbons (Fsp3) is 0.333. The van der Waals surface area contributed by atoms with Crippen LogP contribution < -0.4 is 5.43 Å². The van der Waals surface area contributed by atoms with Gasteiger partial charge in [-0.25, -0.2) is 24.0 Å². The maximum absolute atomic E-state index is 14.2. The summed E-state index contributed by atoms with van der Waals surface area (Å²) in [5, 5.41) is 1.26. The van der Waals surface area contributed by atoms with E-state index < -0.39 is 23.1 Å². The van der Waals surface area contributed by atoms with Gasteiger partial charge in [0.2, 0.25) is 0 Å². The van der Waals surface area contributed by atoms with E-state index >= 15 is 0 Å². The van der Waals surface area contributed by atoms with Crippen LogP contribution in [0.5, 0.6) is 0 Å². The summed E-state index contributed by atoms with van der Waals surface area (Å²) in [6.45, 7) is 3.08. The lowest BCUT2D eigenvalue weighted by atomic mass is 9.71. The summed E-state index contributed by atoms with van der Waals surface area (Å²) in [6.07, 6.45) is 4.33. The molecule has 1 heterocycles. The van der Waals surface area contributed by atoms with E-state index in [1.807, 2.05) is 66.7 Å². The summed E-state index contributed by atoms with van der Waals surface area (Å²) in [5.41, 5.74) is 6.45. The lowest BCUT2D eigenvalue weighted by molar-refractivity contribution is -0.109. The first-order chi connectivity index (χ1) is 23.0. The molecule has 0 unspecified atom stereocenters. The maximum Gasteiger partial charge on any atom is 0.424 e. The highest BCUT2D eigenvalue weighted by Crippen LogP contribution is 2.37. The monoisotopic (exact) mass is 639 g/mol. The van der Waals surface area contributed by atoms with Gasteiger partial charge in [-0.1, -0.05) is 97.1 Å². The number of benzene rings is 4. The van der Waals surface area contributed by atoms with E-state index in [1.165, 1.54) is 11.1 Å². The van der Waals surface area contributed by atoms with E-state index in [0.29, 0.717) is 30.7 Å². The smallest absolute Gasteiger partial charge is 0.424 e. The molecule has 1 fully saturated rings. The first-order valence-electron chi connectivity index (χ1n) is 16.4. The van der Waals surface area contributed by atoms with Crippen LogP contribution in [-0.4, -0.2) is 55.0 Å². The number of nitrogens with one attached hydrogen (secondary N) is 1. The van der Waals surface area contributed by atoms with Gasteiger partial charge in [0.25, 0.3) is 0 Å². The fourth-order valence-electron chi connectivity index (χ4n) is 6.58. The second kappa shape index (κ2) is 17.0. The van der Waals surface area contributed by atoms with Crippen molar-refractivity contribution < 1.29 is 23.1 Å². The molecule has 0 saturated carbocycles. The van der Waals surface area contributed by atoms with Crippen LogP contribution in [0, 0.1) is 17.6 Å². The minimum absolute atomic E-state index is 0.106. The van der Waals surface area contributed by atoms with Crippen molar-refractivity contribution in [2.45, 2.75) is 44.1 Å². The highest BCUT2D eigenvalue weighted by Gasteiger charge is 2.35. The summed E-state index contributed by atoms with van der Waals surface area (Å²) in [7, 11) is 0.